The quantitative estimate of drug-likeness (QED) is 0.482. The van der Waals surface area contributed by atoms with E-state index in [2.05, 4.69) is 20.4 Å². The molecule has 13 heteroatoms. The van der Waals surface area contributed by atoms with Crippen molar-refractivity contribution >= 4 is 29.3 Å². The normalized spacial score (nSPS) is 21.1. The van der Waals surface area contributed by atoms with Gasteiger partial charge in [-0.2, -0.15) is 13.2 Å². The van der Waals surface area contributed by atoms with Crippen LogP contribution in [-0.4, -0.2) is 109 Å². The molecule has 3 aliphatic heterocycles. The van der Waals surface area contributed by atoms with E-state index in [9.17, 15) is 32.3 Å². The van der Waals surface area contributed by atoms with Gasteiger partial charge in [-0.3, -0.25) is 24.1 Å². The van der Waals surface area contributed by atoms with Crippen molar-refractivity contribution in [1.82, 2.24) is 25.3 Å². The number of anilines is 1. The molecule has 0 saturated carbocycles. The first-order chi connectivity index (χ1) is 22.0. The van der Waals surface area contributed by atoms with Crippen LogP contribution < -0.4 is 15.5 Å². The summed E-state index contributed by atoms with van der Waals surface area (Å²) < 4.78 is 38.9. The summed E-state index contributed by atoms with van der Waals surface area (Å²) in [6.45, 7) is 6.77. The fourth-order valence-corrected chi connectivity index (χ4v) is 6.54. The van der Waals surface area contributed by atoms with Crippen molar-refractivity contribution < 1.29 is 32.3 Å². The van der Waals surface area contributed by atoms with Gasteiger partial charge < -0.3 is 25.3 Å². The summed E-state index contributed by atoms with van der Waals surface area (Å²) in [6, 6.07) is 12.2. The minimum atomic E-state index is -4.55. The average Bonchev–Trinajstić information content (AvgIpc) is 3.37. The first-order valence-corrected chi connectivity index (χ1v) is 15.9. The Bertz CT molecular complexity index is 1410. The number of carbonyl (C=O) groups is 4. The molecule has 2 atom stereocenters. The number of nitrogens with one attached hydrogen (secondary N) is 2. The van der Waals surface area contributed by atoms with Crippen molar-refractivity contribution in [1.29, 1.82) is 0 Å². The third-order valence-electron chi connectivity index (χ3n) is 9.15. The molecule has 1 unspecified atom stereocenters. The highest BCUT2D eigenvalue weighted by atomic mass is 19.4. The van der Waals surface area contributed by atoms with Crippen LogP contribution in [0.25, 0.3) is 0 Å². The molecule has 248 valence electrons. The van der Waals surface area contributed by atoms with Crippen molar-refractivity contribution in [3.63, 3.8) is 0 Å². The van der Waals surface area contributed by atoms with E-state index < -0.39 is 17.6 Å². The summed E-state index contributed by atoms with van der Waals surface area (Å²) in [7, 11) is 0. The Kier molecular flexibility index (Phi) is 10.5. The van der Waals surface area contributed by atoms with Crippen molar-refractivity contribution in [2.75, 3.05) is 63.8 Å². The van der Waals surface area contributed by atoms with Gasteiger partial charge >= 0.3 is 6.18 Å². The highest BCUT2D eigenvalue weighted by molar-refractivity contribution is 5.96. The second kappa shape index (κ2) is 14.5. The van der Waals surface area contributed by atoms with Crippen LogP contribution >= 0.6 is 0 Å². The van der Waals surface area contributed by atoms with Gasteiger partial charge in [0.05, 0.1) is 12.1 Å². The summed E-state index contributed by atoms with van der Waals surface area (Å²) >= 11 is 0. The Morgan fingerprint density at radius 2 is 1.54 bits per heavy atom. The second-order valence-corrected chi connectivity index (χ2v) is 12.2. The number of hydrogen-bond donors (Lipinski definition) is 2. The summed E-state index contributed by atoms with van der Waals surface area (Å²) in [5, 5.41) is 5.37. The van der Waals surface area contributed by atoms with E-state index in [4.69, 9.17) is 0 Å². The van der Waals surface area contributed by atoms with E-state index >= 15 is 0 Å². The van der Waals surface area contributed by atoms with Gasteiger partial charge in [0.15, 0.2) is 0 Å². The van der Waals surface area contributed by atoms with E-state index in [1.807, 2.05) is 24.3 Å². The zero-order valence-electron chi connectivity index (χ0n) is 26.0. The van der Waals surface area contributed by atoms with Gasteiger partial charge in [-0.15, -0.1) is 0 Å². The molecular weight excluding hydrogens is 601 g/mol. The molecule has 0 aliphatic carbocycles. The summed E-state index contributed by atoms with van der Waals surface area (Å²) in [5.74, 6) is -1.09. The number of hydrogen-bond acceptors (Lipinski definition) is 6. The van der Waals surface area contributed by atoms with E-state index in [1.54, 1.807) is 16.7 Å². The van der Waals surface area contributed by atoms with Crippen LogP contribution in [-0.2, 0) is 15.8 Å². The number of nitrogens with zero attached hydrogens (tertiary/aromatic N) is 4. The minimum Gasteiger partial charge on any atom is -0.371 e. The zero-order valence-corrected chi connectivity index (χ0v) is 26.0. The van der Waals surface area contributed by atoms with Crippen molar-refractivity contribution in [3.05, 3.63) is 65.2 Å². The molecule has 46 heavy (non-hydrogen) atoms. The molecule has 3 fully saturated rings. The predicted molar refractivity (Wildman–Crippen MR) is 166 cm³/mol. The fraction of sp³-hybridized carbons (Fsp3) is 0.515. The molecule has 3 heterocycles. The van der Waals surface area contributed by atoms with Crippen molar-refractivity contribution in [2.45, 2.75) is 50.9 Å². The Hall–Kier alpha value is -4.13. The average molecular weight is 643 g/mol. The number of carbonyl (C=O) groups excluding carboxylic acids is 4. The van der Waals surface area contributed by atoms with Gasteiger partial charge in [0.2, 0.25) is 11.8 Å². The third-order valence-corrected chi connectivity index (χ3v) is 9.15. The maximum absolute atomic E-state index is 13.0. The van der Waals surface area contributed by atoms with E-state index in [0.717, 1.165) is 63.1 Å². The fourth-order valence-electron chi connectivity index (χ4n) is 6.54. The molecular formula is C33H41F3N6O4. The number of rotatable bonds is 7. The van der Waals surface area contributed by atoms with Crippen molar-refractivity contribution in [2.24, 2.45) is 0 Å². The first kappa shape index (κ1) is 33.2. The largest absolute Gasteiger partial charge is 0.416 e. The Labute approximate surface area is 266 Å². The van der Waals surface area contributed by atoms with Gasteiger partial charge in [-0.05, 0) is 68.1 Å². The number of halogens is 3. The number of piperazine rings is 1. The van der Waals surface area contributed by atoms with Gasteiger partial charge in [0.25, 0.3) is 11.8 Å². The Morgan fingerprint density at radius 1 is 0.826 bits per heavy atom. The minimum absolute atomic E-state index is 0.0144. The second-order valence-electron chi connectivity index (χ2n) is 12.2. The van der Waals surface area contributed by atoms with Gasteiger partial charge in [0.1, 0.15) is 0 Å². The lowest BCUT2D eigenvalue weighted by Gasteiger charge is -2.34. The molecule has 3 aliphatic rings. The lowest BCUT2D eigenvalue weighted by molar-refractivity contribution is -0.137. The standard InChI is InChI=1S/C33H41F3N6O4/c1-23(43)39-16-18-41(19-17-39)32(46)24-7-9-29(10-8-24)40-13-3-6-28(12-15-40)42-14-11-27(22-42)38-30(44)21-37-31(45)25-4-2-5-26(20-25)33(34,35)36/h2,4-5,7-10,20,27-28H,3,6,11-19,21-22H2,1H3,(H,37,45)(H,38,44)/t27-,28?/m1/s1. The molecule has 5 rings (SSSR count). The predicted octanol–water partition coefficient (Wildman–Crippen LogP) is 2.99. The van der Waals surface area contributed by atoms with Crippen LogP contribution in [0.5, 0.6) is 0 Å². The maximum atomic E-state index is 13.0. The van der Waals surface area contributed by atoms with Crippen LogP contribution in [0.3, 0.4) is 0 Å². The van der Waals surface area contributed by atoms with Gasteiger partial charge in [-0.1, -0.05) is 6.07 Å². The lowest BCUT2D eigenvalue weighted by Crippen LogP contribution is -2.50. The Balaban J connectivity index is 1.05. The maximum Gasteiger partial charge on any atom is 0.416 e. The van der Waals surface area contributed by atoms with E-state index in [0.29, 0.717) is 44.3 Å². The van der Waals surface area contributed by atoms with Crippen LogP contribution in [0.1, 0.15) is 58.9 Å². The Morgan fingerprint density at radius 3 is 2.24 bits per heavy atom. The van der Waals surface area contributed by atoms with Crippen LogP contribution in [0.4, 0.5) is 18.9 Å². The van der Waals surface area contributed by atoms with E-state index in [1.165, 1.54) is 12.1 Å². The summed E-state index contributed by atoms with van der Waals surface area (Å²) in [5.41, 5.74) is 0.660. The summed E-state index contributed by atoms with van der Waals surface area (Å²) in [4.78, 5) is 57.7. The number of benzene rings is 2. The van der Waals surface area contributed by atoms with Crippen molar-refractivity contribution in [3.8, 4) is 0 Å². The lowest BCUT2D eigenvalue weighted by atomic mass is 10.1. The third kappa shape index (κ3) is 8.36. The topological polar surface area (TPSA) is 105 Å². The number of likely N-dealkylation sites (tertiary alicyclic amines) is 1. The van der Waals surface area contributed by atoms with Crippen LogP contribution in [0.2, 0.25) is 0 Å². The molecule has 2 aromatic rings. The first-order valence-electron chi connectivity index (χ1n) is 15.9. The SMILES string of the molecule is CC(=O)N1CCN(C(=O)c2ccc(N3CCCC(N4CC[C@@H](NC(=O)CNC(=O)c5cccc(C(F)(F)F)c5)C4)CC3)cc2)CC1. The van der Waals surface area contributed by atoms with Crippen LogP contribution in [0, 0.1) is 0 Å². The summed E-state index contributed by atoms with van der Waals surface area (Å²) in [6.07, 6.45) is -0.754. The molecule has 3 saturated heterocycles. The number of amides is 4. The van der Waals surface area contributed by atoms with Gasteiger partial charge in [0, 0.05) is 88.2 Å². The molecule has 0 aromatic heterocycles. The highest BCUT2D eigenvalue weighted by Gasteiger charge is 2.32. The molecule has 0 bridgehead atoms. The molecule has 0 radical (unpaired) electrons. The molecule has 2 aromatic carbocycles. The molecule has 0 spiro atoms. The monoisotopic (exact) mass is 642 g/mol. The van der Waals surface area contributed by atoms with Gasteiger partial charge in [-0.25, -0.2) is 0 Å². The smallest absolute Gasteiger partial charge is 0.371 e. The number of alkyl halides is 3. The van der Waals surface area contributed by atoms with E-state index in [-0.39, 0.29) is 35.9 Å². The van der Waals surface area contributed by atoms with Crippen LogP contribution in [0.15, 0.2) is 48.5 Å². The molecule has 4 amide bonds. The zero-order chi connectivity index (χ0) is 32.8. The highest BCUT2D eigenvalue weighted by Crippen LogP contribution is 2.29. The molecule has 10 nitrogen and oxygen atoms in total. The molecule has 2 N–H and O–H groups in total.